The summed E-state index contributed by atoms with van der Waals surface area (Å²) in [5.41, 5.74) is 0.362. The van der Waals surface area contributed by atoms with E-state index in [0.717, 1.165) is 76.7 Å². The molecule has 0 aromatic heterocycles. The summed E-state index contributed by atoms with van der Waals surface area (Å²) >= 11 is 0. The minimum Gasteiger partial charge on any atom is -0.393 e. The first-order valence-electron chi connectivity index (χ1n) is 12.0. The third-order valence-corrected chi connectivity index (χ3v) is 9.96. The van der Waals surface area contributed by atoms with Gasteiger partial charge in [0.2, 0.25) is 0 Å². The van der Waals surface area contributed by atoms with Crippen LogP contribution in [0.25, 0.3) is 0 Å². The van der Waals surface area contributed by atoms with Gasteiger partial charge in [0, 0.05) is 37.1 Å². The highest BCUT2D eigenvalue weighted by Crippen LogP contribution is 2.70. The Kier molecular flexibility index (Phi) is 4.81. The Labute approximate surface area is 180 Å². The SMILES string of the molecule is C=C1[C@@H]2C[C@H](O)[C@H]3[C@]4(C)CCC[C@@](C)(NC(=O)N5CCNCC5)[C@H]4CC[C@]3(C2)[C@@H]1O. The van der Waals surface area contributed by atoms with Crippen molar-refractivity contribution in [2.24, 2.45) is 28.6 Å². The second kappa shape index (κ2) is 6.94. The van der Waals surface area contributed by atoms with Gasteiger partial charge in [-0.25, -0.2) is 4.79 Å². The molecule has 2 bridgehead atoms. The Morgan fingerprint density at radius 2 is 1.93 bits per heavy atom. The number of piperazine rings is 1. The van der Waals surface area contributed by atoms with Crippen molar-refractivity contribution < 1.29 is 15.0 Å². The summed E-state index contributed by atoms with van der Waals surface area (Å²) in [6, 6.07) is 0.0575. The first-order chi connectivity index (χ1) is 14.2. The van der Waals surface area contributed by atoms with Crippen LogP contribution < -0.4 is 10.6 Å². The fraction of sp³-hybridized carbons (Fsp3) is 0.875. The molecule has 0 unspecified atom stereocenters. The lowest BCUT2D eigenvalue weighted by Crippen LogP contribution is -2.68. The molecule has 8 atom stereocenters. The first kappa shape index (κ1) is 20.8. The average molecular weight is 418 g/mol. The molecule has 4 aliphatic carbocycles. The van der Waals surface area contributed by atoms with Crippen LogP contribution in [0.5, 0.6) is 0 Å². The van der Waals surface area contributed by atoms with E-state index in [1.165, 1.54) is 0 Å². The molecule has 5 aliphatic rings. The molecule has 1 heterocycles. The lowest BCUT2D eigenvalue weighted by Gasteiger charge is -2.65. The number of amides is 2. The van der Waals surface area contributed by atoms with E-state index in [1.807, 2.05) is 4.90 Å². The van der Waals surface area contributed by atoms with Gasteiger partial charge in [-0.2, -0.15) is 0 Å². The van der Waals surface area contributed by atoms with Crippen molar-refractivity contribution in [1.29, 1.82) is 0 Å². The molecule has 0 radical (unpaired) electrons. The van der Waals surface area contributed by atoms with Crippen molar-refractivity contribution in [1.82, 2.24) is 15.5 Å². The van der Waals surface area contributed by atoms with Crippen molar-refractivity contribution in [3.63, 3.8) is 0 Å². The van der Waals surface area contributed by atoms with E-state index in [9.17, 15) is 15.0 Å². The summed E-state index contributed by atoms with van der Waals surface area (Å²) in [6.45, 7) is 12.0. The van der Waals surface area contributed by atoms with Crippen LogP contribution in [0.4, 0.5) is 4.79 Å². The van der Waals surface area contributed by atoms with Gasteiger partial charge >= 0.3 is 6.03 Å². The maximum absolute atomic E-state index is 13.1. The quantitative estimate of drug-likeness (QED) is 0.493. The topological polar surface area (TPSA) is 84.8 Å². The van der Waals surface area contributed by atoms with Crippen LogP contribution in [-0.4, -0.2) is 65.1 Å². The number of nitrogens with one attached hydrogen (secondary N) is 2. The van der Waals surface area contributed by atoms with Crippen LogP contribution in [0.2, 0.25) is 0 Å². The summed E-state index contributed by atoms with van der Waals surface area (Å²) in [7, 11) is 0. The number of carbonyl (C=O) groups excluding carboxylic acids is 1. The zero-order chi connectivity index (χ0) is 21.3. The van der Waals surface area contributed by atoms with Gasteiger partial charge in [-0.05, 0) is 74.2 Å². The van der Waals surface area contributed by atoms with E-state index < -0.39 is 12.2 Å². The van der Waals surface area contributed by atoms with Crippen LogP contribution in [0.1, 0.15) is 58.8 Å². The van der Waals surface area contributed by atoms with Crippen LogP contribution in [-0.2, 0) is 0 Å². The fourth-order valence-corrected chi connectivity index (χ4v) is 8.81. The second-order valence-corrected chi connectivity index (χ2v) is 11.4. The molecule has 4 N–H and O–H groups in total. The summed E-state index contributed by atoms with van der Waals surface area (Å²) in [5.74, 6) is 0.646. The number of rotatable bonds is 1. The molecule has 2 amide bonds. The third kappa shape index (κ3) is 2.75. The van der Waals surface area contributed by atoms with Gasteiger partial charge in [-0.1, -0.05) is 19.9 Å². The normalized spacial score (nSPS) is 50.6. The molecule has 1 aliphatic heterocycles. The Morgan fingerprint density at radius 3 is 2.67 bits per heavy atom. The summed E-state index contributed by atoms with van der Waals surface area (Å²) in [6.07, 6.45) is 5.83. The number of urea groups is 1. The molecular weight excluding hydrogens is 378 g/mol. The standard InChI is InChI=1S/C24H39N3O3/c1-15-16-13-17(28)19-22(2)6-4-7-23(3,26-21(30)27-11-9-25-10-12-27)18(22)5-8-24(19,14-16)20(15)29/h16-20,25,28-29H,1,4-14H2,2-3H3,(H,26,30)/t16-,17+,18+,19+,20-,22-,23-,24-/m1/s1. The molecule has 4 saturated carbocycles. The summed E-state index contributed by atoms with van der Waals surface area (Å²) in [5, 5.41) is 29.3. The highest BCUT2D eigenvalue weighted by atomic mass is 16.3. The number of carbonyl (C=O) groups is 1. The minimum atomic E-state index is -0.494. The lowest BCUT2D eigenvalue weighted by atomic mass is 9.41. The molecule has 6 nitrogen and oxygen atoms in total. The smallest absolute Gasteiger partial charge is 0.317 e. The molecule has 6 heteroatoms. The molecule has 0 aromatic rings. The Morgan fingerprint density at radius 1 is 1.20 bits per heavy atom. The minimum absolute atomic E-state index is 0.0575. The van der Waals surface area contributed by atoms with E-state index in [0.29, 0.717) is 5.92 Å². The van der Waals surface area contributed by atoms with E-state index in [-0.39, 0.29) is 34.2 Å². The lowest BCUT2D eigenvalue weighted by molar-refractivity contribution is -0.195. The molecule has 5 rings (SSSR count). The predicted octanol–water partition coefficient (Wildman–Crippen LogP) is 2.26. The molecule has 168 valence electrons. The summed E-state index contributed by atoms with van der Waals surface area (Å²) < 4.78 is 0. The highest BCUT2D eigenvalue weighted by Gasteiger charge is 2.69. The molecule has 5 fully saturated rings. The van der Waals surface area contributed by atoms with Crippen molar-refractivity contribution in [2.45, 2.75) is 76.5 Å². The van der Waals surface area contributed by atoms with Gasteiger partial charge in [0.25, 0.3) is 0 Å². The number of hydrogen-bond acceptors (Lipinski definition) is 4. The van der Waals surface area contributed by atoms with E-state index >= 15 is 0 Å². The maximum atomic E-state index is 13.1. The molecular formula is C24H39N3O3. The van der Waals surface area contributed by atoms with E-state index in [4.69, 9.17) is 0 Å². The van der Waals surface area contributed by atoms with Gasteiger partial charge < -0.3 is 25.7 Å². The monoisotopic (exact) mass is 417 g/mol. The van der Waals surface area contributed by atoms with Gasteiger partial charge in [-0.3, -0.25) is 0 Å². The predicted molar refractivity (Wildman–Crippen MR) is 116 cm³/mol. The maximum Gasteiger partial charge on any atom is 0.317 e. The van der Waals surface area contributed by atoms with Gasteiger partial charge in [0.1, 0.15) is 0 Å². The third-order valence-electron chi connectivity index (χ3n) is 9.96. The number of fused-ring (bicyclic) bond motifs is 3. The largest absolute Gasteiger partial charge is 0.393 e. The van der Waals surface area contributed by atoms with Gasteiger partial charge in [-0.15, -0.1) is 0 Å². The first-order valence-corrected chi connectivity index (χ1v) is 12.0. The number of aliphatic hydroxyl groups is 2. The van der Waals surface area contributed by atoms with Crippen LogP contribution >= 0.6 is 0 Å². The zero-order valence-electron chi connectivity index (χ0n) is 18.6. The van der Waals surface area contributed by atoms with Crippen LogP contribution in [0, 0.1) is 28.6 Å². The Balaban J connectivity index is 1.44. The van der Waals surface area contributed by atoms with Gasteiger partial charge in [0.15, 0.2) is 0 Å². The van der Waals surface area contributed by atoms with Gasteiger partial charge in [0.05, 0.1) is 12.2 Å². The number of hydrogen-bond donors (Lipinski definition) is 4. The van der Waals surface area contributed by atoms with E-state index in [2.05, 4.69) is 31.1 Å². The Hall–Kier alpha value is -1.11. The molecule has 0 aromatic carbocycles. The number of aliphatic hydroxyl groups excluding tert-OH is 2. The average Bonchev–Trinajstić information content (AvgIpc) is 2.89. The van der Waals surface area contributed by atoms with Crippen molar-refractivity contribution in [3.05, 3.63) is 12.2 Å². The molecule has 1 saturated heterocycles. The summed E-state index contributed by atoms with van der Waals surface area (Å²) in [4.78, 5) is 15.0. The van der Waals surface area contributed by atoms with Crippen LogP contribution in [0.15, 0.2) is 12.2 Å². The highest BCUT2D eigenvalue weighted by molar-refractivity contribution is 5.75. The van der Waals surface area contributed by atoms with E-state index in [1.54, 1.807) is 0 Å². The molecule has 30 heavy (non-hydrogen) atoms. The van der Waals surface area contributed by atoms with Crippen molar-refractivity contribution >= 4 is 6.03 Å². The van der Waals surface area contributed by atoms with Crippen LogP contribution in [0.3, 0.4) is 0 Å². The zero-order valence-corrected chi connectivity index (χ0v) is 18.6. The fourth-order valence-electron chi connectivity index (χ4n) is 8.81. The second-order valence-electron chi connectivity index (χ2n) is 11.4. The molecule has 1 spiro atoms. The van der Waals surface area contributed by atoms with Crippen molar-refractivity contribution in [3.8, 4) is 0 Å². The van der Waals surface area contributed by atoms with Crippen molar-refractivity contribution in [2.75, 3.05) is 26.2 Å². The number of nitrogens with zero attached hydrogens (tertiary/aromatic N) is 1. The Bertz CT molecular complexity index is 737.